The van der Waals surface area contributed by atoms with Crippen molar-refractivity contribution in [1.82, 2.24) is 24.2 Å². The fraction of sp³-hybridized carbons (Fsp3) is 0.235. The van der Waals surface area contributed by atoms with E-state index in [1.807, 2.05) is 61.8 Å². The van der Waals surface area contributed by atoms with E-state index in [1.165, 1.54) is 23.9 Å². The number of carbonyl (C=O) groups is 1. The lowest BCUT2D eigenvalue weighted by Gasteiger charge is -2.24. The molecule has 2 aromatic heterocycles. The number of thioether (sulfide) groups is 1. The Morgan fingerprint density at radius 3 is 2.24 bits per heavy atom. The number of nitrogens with two attached hydrogens (primary N) is 1. The van der Waals surface area contributed by atoms with Crippen molar-refractivity contribution in [2.45, 2.75) is 36.8 Å². The summed E-state index contributed by atoms with van der Waals surface area (Å²) in [6.07, 6.45) is 6.26. The van der Waals surface area contributed by atoms with Crippen LogP contribution >= 0.6 is 35.8 Å². The molecule has 240 valence electrons. The summed E-state index contributed by atoms with van der Waals surface area (Å²) in [7, 11) is 1.81. The van der Waals surface area contributed by atoms with Gasteiger partial charge in [-0.15, -0.1) is 12.4 Å². The first-order valence-electron chi connectivity index (χ1n) is 14.6. The minimum absolute atomic E-state index is 0. The summed E-state index contributed by atoms with van der Waals surface area (Å²) in [6.45, 7) is 1.34. The van der Waals surface area contributed by atoms with Crippen molar-refractivity contribution in [3.8, 4) is 11.1 Å². The molecule has 1 amide bonds. The maximum Gasteiger partial charge on any atom is 0.277 e. The molecule has 0 fully saturated rings. The number of halogens is 3. The predicted molar refractivity (Wildman–Crippen MR) is 184 cm³/mol. The van der Waals surface area contributed by atoms with Crippen molar-refractivity contribution in [2.75, 3.05) is 13.1 Å². The molecule has 0 aliphatic heterocycles. The summed E-state index contributed by atoms with van der Waals surface area (Å²) in [5.41, 5.74) is 10.8. The standard InChI is InChI=1S/C34H34ClFN6O2S.ClH/c1-40-19-26(18-38-40)17-29-21-42(34(39-33(29)44)45-23-25-5-13-31(36)14-6-25)22-32(43)41(16-2-15-37)20-24-3-7-27(8-4-24)28-9-11-30(35)12-10-28;/h3-14,18-19,21H,2,15-17,20,22-23,37H2,1H3;1H. The van der Waals surface area contributed by atoms with Crippen molar-refractivity contribution >= 4 is 41.7 Å². The number of benzene rings is 3. The smallest absolute Gasteiger partial charge is 0.277 e. The molecule has 8 nitrogen and oxygen atoms in total. The first-order valence-corrected chi connectivity index (χ1v) is 15.9. The Morgan fingerprint density at radius 1 is 0.957 bits per heavy atom. The summed E-state index contributed by atoms with van der Waals surface area (Å²) in [6, 6.07) is 21.9. The van der Waals surface area contributed by atoms with Crippen molar-refractivity contribution in [3.63, 3.8) is 0 Å². The van der Waals surface area contributed by atoms with E-state index >= 15 is 0 Å². The normalized spacial score (nSPS) is 10.9. The van der Waals surface area contributed by atoms with Gasteiger partial charge in [-0.2, -0.15) is 10.1 Å². The van der Waals surface area contributed by atoms with Gasteiger partial charge >= 0.3 is 0 Å². The molecule has 0 aliphatic carbocycles. The maximum absolute atomic E-state index is 13.8. The monoisotopic (exact) mass is 680 g/mol. The van der Waals surface area contributed by atoms with Gasteiger partial charge in [-0.05, 0) is 65.0 Å². The number of aryl methyl sites for hydroxylation is 1. The zero-order valence-corrected chi connectivity index (χ0v) is 27.7. The molecule has 0 bridgehead atoms. The highest BCUT2D eigenvalue weighted by atomic mass is 35.5. The Kier molecular flexibility index (Phi) is 12.6. The second-order valence-corrected chi connectivity index (χ2v) is 12.1. The molecule has 0 spiro atoms. The highest BCUT2D eigenvalue weighted by molar-refractivity contribution is 7.98. The Morgan fingerprint density at radius 2 is 1.61 bits per heavy atom. The van der Waals surface area contributed by atoms with Crippen LogP contribution < -0.4 is 11.3 Å². The molecule has 0 saturated heterocycles. The summed E-state index contributed by atoms with van der Waals surface area (Å²) in [5, 5.41) is 5.30. The fourth-order valence-corrected chi connectivity index (χ4v) is 5.91. The molecule has 0 saturated carbocycles. The third kappa shape index (κ3) is 9.53. The topological polar surface area (TPSA) is 99.0 Å². The van der Waals surface area contributed by atoms with Crippen LogP contribution in [0.15, 0.2) is 101 Å². The minimum Gasteiger partial charge on any atom is -0.337 e. The maximum atomic E-state index is 13.8. The number of rotatable bonds is 13. The highest BCUT2D eigenvalue weighted by Crippen LogP contribution is 2.24. The van der Waals surface area contributed by atoms with Crippen LogP contribution in [0.3, 0.4) is 0 Å². The molecule has 2 heterocycles. The van der Waals surface area contributed by atoms with Gasteiger partial charge in [0.1, 0.15) is 12.4 Å². The van der Waals surface area contributed by atoms with Gasteiger partial charge in [0.05, 0.1) is 6.20 Å². The number of amides is 1. The van der Waals surface area contributed by atoms with Gasteiger partial charge in [0.15, 0.2) is 5.16 Å². The lowest BCUT2D eigenvalue weighted by Crippen LogP contribution is -2.36. The molecule has 0 aliphatic rings. The van der Waals surface area contributed by atoms with Crippen LogP contribution in [0.1, 0.15) is 28.7 Å². The van der Waals surface area contributed by atoms with E-state index in [4.69, 9.17) is 17.3 Å². The van der Waals surface area contributed by atoms with E-state index in [0.29, 0.717) is 54.0 Å². The molecule has 12 heteroatoms. The van der Waals surface area contributed by atoms with Crippen LogP contribution in [0.4, 0.5) is 4.39 Å². The molecule has 46 heavy (non-hydrogen) atoms. The fourth-order valence-electron chi connectivity index (χ4n) is 4.87. The van der Waals surface area contributed by atoms with Gasteiger partial charge in [-0.25, -0.2) is 4.39 Å². The quantitative estimate of drug-likeness (QED) is 0.119. The molecule has 0 atom stereocenters. The number of nitrogens with zero attached hydrogens (tertiary/aromatic N) is 5. The van der Waals surface area contributed by atoms with Crippen LogP contribution in [-0.4, -0.2) is 43.2 Å². The average Bonchev–Trinajstić information content (AvgIpc) is 3.45. The Balaban J connectivity index is 0.00000480. The van der Waals surface area contributed by atoms with Gasteiger partial charge in [0.2, 0.25) is 5.91 Å². The van der Waals surface area contributed by atoms with Crippen LogP contribution in [0.25, 0.3) is 11.1 Å². The van der Waals surface area contributed by atoms with Gasteiger partial charge in [0, 0.05) is 55.3 Å². The van der Waals surface area contributed by atoms with E-state index in [9.17, 15) is 14.0 Å². The van der Waals surface area contributed by atoms with E-state index in [1.54, 1.807) is 38.7 Å². The average molecular weight is 682 g/mol. The number of hydrogen-bond acceptors (Lipinski definition) is 6. The van der Waals surface area contributed by atoms with E-state index in [-0.39, 0.29) is 36.2 Å². The van der Waals surface area contributed by atoms with Crippen LogP contribution in [0, 0.1) is 5.82 Å². The lowest BCUT2D eigenvalue weighted by molar-refractivity contribution is -0.132. The number of aromatic nitrogens is 4. The van der Waals surface area contributed by atoms with Crippen molar-refractivity contribution in [3.05, 3.63) is 135 Å². The molecular formula is C34H35Cl2FN6O2S. The predicted octanol–water partition coefficient (Wildman–Crippen LogP) is 6.12. The highest BCUT2D eigenvalue weighted by Gasteiger charge is 2.18. The zero-order valence-electron chi connectivity index (χ0n) is 25.3. The molecule has 0 radical (unpaired) electrons. The summed E-state index contributed by atoms with van der Waals surface area (Å²) in [4.78, 5) is 33.1. The largest absolute Gasteiger partial charge is 0.337 e. The van der Waals surface area contributed by atoms with Crippen molar-refractivity contribution in [2.24, 2.45) is 12.8 Å². The van der Waals surface area contributed by atoms with Crippen molar-refractivity contribution in [1.29, 1.82) is 0 Å². The van der Waals surface area contributed by atoms with Crippen LogP contribution in [0.5, 0.6) is 0 Å². The Hall–Kier alpha value is -3.96. The summed E-state index contributed by atoms with van der Waals surface area (Å²) in [5.74, 6) is 0.0210. The van der Waals surface area contributed by atoms with Gasteiger partial charge in [-0.3, -0.25) is 14.3 Å². The molecule has 0 unspecified atom stereocenters. The SMILES string of the molecule is Cl.Cn1cc(Cc2cn(CC(=O)N(CCCN)Cc3ccc(-c4ccc(Cl)cc4)cc3)c(SCc3ccc(F)cc3)nc2=O)cn1. The summed E-state index contributed by atoms with van der Waals surface area (Å²) < 4.78 is 16.9. The Labute approximate surface area is 282 Å². The van der Waals surface area contributed by atoms with Gasteiger partial charge in [-0.1, -0.05) is 71.9 Å². The van der Waals surface area contributed by atoms with Crippen LogP contribution in [-0.2, 0) is 37.1 Å². The first-order chi connectivity index (χ1) is 21.8. The van der Waals surface area contributed by atoms with Crippen LogP contribution in [0.2, 0.25) is 5.02 Å². The number of carbonyl (C=O) groups excluding carboxylic acids is 1. The third-order valence-corrected chi connectivity index (χ3v) is 8.57. The molecule has 2 N–H and O–H groups in total. The zero-order chi connectivity index (χ0) is 31.8. The van der Waals surface area contributed by atoms with E-state index in [2.05, 4.69) is 10.1 Å². The molecule has 5 aromatic rings. The van der Waals surface area contributed by atoms with E-state index < -0.39 is 0 Å². The van der Waals surface area contributed by atoms with E-state index in [0.717, 1.165) is 27.8 Å². The first kappa shape index (κ1) is 34.9. The molecule has 3 aromatic carbocycles. The second kappa shape index (κ2) is 16.6. The van der Waals surface area contributed by atoms with Gasteiger partial charge in [0.25, 0.3) is 5.56 Å². The van der Waals surface area contributed by atoms with Crippen molar-refractivity contribution < 1.29 is 9.18 Å². The molecule has 5 rings (SSSR count). The Bertz CT molecular complexity index is 1790. The third-order valence-electron chi connectivity index (χ3n) is 7.26. The van der Waals surface area contributed by atoms with Gasteiger partial charge < -0.3 is 15.2 Å². The minimum atomic E-state index is -0.357. The lowest BCUT2D eigenvalue weighted by atomic mass is 10.0. The second-order valence-electron chi connectivity index (χ2n) is 10.8. The summed E-state index contributed by atoms with van der Waals surface area (Å²) >= 11 is 7.37. The molecular weight excluding hydrogens is 646 g/mol. The number of hydrogen-bond donors (Lipinski definition) is 1.